The Balaban J connectivity index is 2.22. The van der Waals surface area contributed by atoms with E-state index in [1.54, 1.807) is 5.32 Å². The largest absolute Gasteiger partial charge is 0.511 e. The van der Waals surface area contributed by atoms with Gasteiger partial charge in [0.2, 0.25) is 0 Å². The Morgan fingerprint density at radius 3 is 2.25 bits per heavy atom. The number of benzene rings is 1. The lowest BCUT2D eigenvalue weighted by molar-refractivity contribution is -0.205. The molecular formula is C17H14F6N2O3. The van der Waals surface area contributed by atoms with Gasteiger partial charge in [-0.25, -0.2) is 0 Å². The van der Waals surface area contributed by atoms with Gasteiger partial charge in [-0.2, -0.15) is 31.6 Å². The smallest absolute Gasteiger partial charge is 0.416 e. The minimum absolute atomic E-state index is 0.0443. The predicted molar refractivity (Wildman–Crippen MR) is 83.0 cm³/mol. The van der Waals surface area contributed by atoms with Crippen LogP contribution in [0.5, 0.6) is 5.75 Å². The van der Waals surface area contributed by atoms with E-state index in [9.17, 15) is 36.2 Å². The van der Waals surface area contributed by atoms with Gasteiger partial charge < -0.3 is 15.2 Å². The monoisotopic (exact) mass is 408 g/mol. The number of carbonyl (C=O) groups is 1. The summed E-state index contributed by atoms with van der Waals surface area (Å²) in [5.41, 5.74) is -4.19. The second-order valence-electron chi connectivity index (χ2n) is 6.06. The van der Waals surface area contributed by atoms with E-state index >= 15 is 0 Å². The average molecular weight is 408 g/mol. The molecule has 1 aliphatic rings. The summed E-state index contributed by atoms with van der Waals surface area (Å²) in [4.78, 5) is 11.8. The molecule has 0 aliphatic carbocycles. The molecule has 1 aromatic rings. The Bertz CT molecular complexity index is 808. The number of aliphatic hydroxyl groups is 1. The summed E-state index contributed by atoms with van der Waals surface area (Å²) >= 11 is 0. The van der Waals surface area contributed by atoms with Crippen LogP contribution in [-0.2, 0) is 10.3 Å². The Hall–Kier alpha value is -2.90. The fourth-order valence-electron chi connectivity index (χ4n) is 2.69. The third kappa shape index (κ3) is 4.49. The lowest BCUT2D eigenvalue weighted by Gasteiger charge is -2.39. The number of nitriles is 1. The summed E-state index contributed by atoms with van der Waals surface area (Å²) in [6.45, 7) is -0.283. The van der Waals surface area contributed by atoms with Crippen molar-refractivity contribution < 1.29 is 41.0 Å². The Morgan fingerprint density at radius 1 is 1.18 bits per heavy atom. The third-order valence-corrected chi connectivity index (χ3v) is 4.09. The highest BCUT2D eigenvalue weighted by molar-refractivity contribution is 5.99. The number of nitrogens with one attached hydrogen (secondary N) is 1. The molecular weight excluding hydrogens is 394 g/mol. The summed E-state index contributed by atoms with van der Waals surface area (Å²) in [6.07, 6.45) is -11.8. The molecule has 1 atom stereocenters. The number of alkyl halides is 6. The van der Waals surface area contributed by atoms with Crippen LogP contribution in [0.2, 0.25) is 0 Å². The third-order valence-electron chi connectivity index (χ3n) is 4.09. The van der Waals surface area contributed by atoms with Gasteiger partial charge in [0.1, 0.15) is 17.6 Å². The van der Waals surface area contributed by atoms with Crippen molar-refractivity contribution in [2.45, 2.75) is 37.2 Å². The molecule has 1 aliphatic heterocycles. The lowest BCUT2D eigenvalue weighted by Crippen LogP contribution is -2.58. The first kappa shape index (κ1) is 21.4. The zero-order valence-electron chi connectivity index (χ0n) is 14.1. The molecule has 0 unspecified atom stereocenters. The van der Waals surface area contributed by atoms with Gasteiger partial charge in [-0.05, 0) is 24.1 Å². The second kappa shape index (κ2) is 7.61. The summed E-state index contributed by atoms with van der Waals surface area (Å²) in [7, 11) is 0. The molecule has 0 saturated heterocycles. The average Bonchev–Trinajstić information content (AvgIpc) is 2.57. The molecule has 2 rings (SSSR count). The first-order valence-corrected chi connectivity index (χ1v) is 7.91. The molecule has 1 aromatic carbocycles. The Morgan fingerprint density at radius 2 is 1.79 bits per heavy atom. The molecule has 152 valence electrons. The highest BCUT2D eigenvalue weighted by atomic mass is 19.4. The summed E-state index contributed by atoms with van der Waals surface area (Å²) in [5, 5.41) is 20.2. The number of nitrogens with zero attached hydrogens (tertiary/aromatic N) is 1. The maximum atomic E-state index is 13.8. The highest BCUT2D eigenvalue weighted by Crippen LogP contribution is 2.45. The molecule has 28 heavy (non-hydrogen) atoms. The topological polar surface area (TPSA) is 82.3 Å². The summed E-state index contributed by atoms with van der Waals surface area (Å²) < 4.78 is 82.5. The van der Waals surface area contributed by atoms with Crippen LogP contribution in [0.4, 0.5) is 26.3 Å². The summed E-state index contributed by atoms with van der Waals surface area (Å²) in [5.74, 6) is -2.31. The van der Waals surface area contributed by atoms with E-state index in [0.717, 1.165) is 24.3 Å². The quantitative estimate of drug-likeness (QED) is 0.570. The van der Waals surface area contributed by atoms with Crippen molar-refractivity contribution in [1.29, 1.82) is 5.26 Å². The SMILES string of the molecule is N#CC1=C(O)C[C@](c2ccc(OCCCC(F)(F)F)cc2)(C(F)(F)F)NC1=O. The fourth-order valence-corrected chi connectivity index (χ4v) is 2.69. The van der Waals surface area contributed by atoms with Gasteiger partial charge >= 0.3 is 12.4 Å². The van der Waals surface area contributed by atoms with E-state index in [-0.39, 0.29) is 18.8 Å². The molecule has 0 fully saturated rings. The molecule has 2 N–H and O–H groups in total. The number of aliphatic hydroxyl groups excluding tert-OH is 1. The number of amides is 1. The predicted octanol–water partition coefficient (Wildman–Crippen LogP) is 4.02. The number of hydrogen-bond acceptors (Lipinski definition) is 4. The number of carbonyl (C=O) groups excluding carboxylic acids is 1. The van der Waals surface area contributed by atoms with Crippen molar-refractivity contribution in [1.82, 2.24) is 5.32 Å². The van der Waals surface area contributed by atoms with Crippen molar-refractivity contribution in [2.75, 3.05) is 6.61 Å². The molecule has 0 saturated carbocycles. The zero-order valence-corrected chi connectivity index (χ0v) is 14.1. The maximum absolute atomic E-state index is 13.8. The van der Waals surface area contributed by atoms with Gasteiger partial charge in [-0.3, -0.25) is 4.79 Å². The van der Waals surface area contributed by atoms with Crippen LogP contribution in [0.1, 0.15) is 24.8 Å². The maximum Gasteiger partial charge on any atom is 0.416 e. The molecule has 5 nitrogen and oxygen atoms in total. The van der Waals surface area contributed by atoms with E-state index in [4.69, 9.17) is 10.00 Å². The molecule has 0 spiro atoms. The molecule has 0 bridgehead atoms. The van der Waals surface area contributed by atoms with Crippen molar-refractivity contribution in [3.05, 3.63) is 41.2 Å². The standard InChI is InChI=1S/C17H14F6N2O3/c18-16(19,20)6-1-7-28-11-4-2-10(3-5-11)15(17(21,22)23)8-13(26)12(9-24)14(27)25-15/h2-5,26H,1,6-8H2,(H,25,27)/t15-/m0/s1. The van der Waals surface area contributed by atoms with E-state index < -0.39 is 53.5 Å². The molecule has 1 heterocycles. The molecule has 1 amide bonds. The van der Waals surface area contributed by atoms with Crippen molar-refractivity contribution >= 4 is 5.91 Å². The first-order chi connectivity index (χ1) is 12.9. The second-order valence-corrected chi connectivity index (χ2v) is 6.06. The van der Waals surface area contributed by atoms with Crippen LogP contribution < -0.4 is 10.1 Å². The van der Waals surface area contributed by atoms with Gasteiger partial charge in [-0.15, -0.1) is 0 Å². The highest BCUT2D eigenvalue weighted by Gasteiger charge is 2.59. The lowest BCUT2D eigenvalue weighted by atomic mass is 9.81. The minimum Gasteiger partial charge on any atom is -0.511 e. The van der Waals surface area contributed by atoms with Gasteiger partial charge in [0, 0.05) is 12.8 Å². The van der Waals surface area contributed by atoms with E-state index in [0.29, 0.717) is 0 Å². The normalized spacial score (nSPS) is 20.5. The van der Waals surface area contributed by atoms with Gasteiger partial charge in [0.05, 0.1) is 6.61 Å². The van der Waals surface area contributed by atoms with E-state index in [2.05, 4.69) is 0 Å². The number of hydrogen-bond donors (Lipinski definition) is 2. The van der Waals surface area contributed by atoms with Crippen LogP contribution in [0.25, 0.3) is 0 Å². The summed E-state index contributed by atoms with van der Waals surface area (Å²) in [6, 6.07) is 5.54. The van der Waals surface area contributed by atoms with Crippen LogP contribution in [0, 0.1) is 11.3 Å². The first-order valence-electron chi connectivity index (χ1n) is 7.91. The minimum atomic E-state index is -5.01. The van der Waals surface area contributed by atoms with Gasteiger partial charge in [-0.1, -0.05) is 12.1 Å². The Kier molecular flexibility index (Phi) is 5.82. The number of halogens is 6. The van der Waals surface area contributed by atoms with Gasteiger partial charge in [0.25, 0.3) is 5.91 Å². The van der Waals surface area contributed by atoms with E-state index in [1.807, 2.05) is 0 Å². The molecule has 11 heteroatoms. The van der Waals surface area contributed by atoms with Crippen LogP contribution in [-0.4, -0.2) is 30.0 Å². The molecule has 0 radical (unpaired) electrons. The van der Waals surface area contributed by atoms with Crippen molar-refractivity contribution in [3.63, 3.8) is 0 Å². The van der Waals surface area contributed by atoms with Crippen LogP contribution in [0.3, 0.4) is 0 Å². The van der Waals surface area contributed by atoms with Crippen molar-refractivity contribution in [2.24, 2.45) is 0 Å². The Labute approximate surface area is 155 Å². The van der Waals surface area contributed by atoms with Crippen molar-refractivity contribution in [3.8, 4) is 11.8 Å². The fraction of sp³-hybridized carbons (Fsp3) is 0.412. The van der Waals surface area contributed by atoms with Crippen LogP contribution >= 0.6 is 0 Å². The number of ether oxygens (including phenoxy) is 1. The number of rotatable bonds is 5. The molecule has 0 aromatic heterocycles. The zero-order chi connectivity index (χ0) is 21.2. The van der Waals surface area contributed by atoms with E-state index in [1.165, 1.54) is 6.07 Å². The van der Waals surface area contributed by atoms with Crippen LogP contribution in [0.15, 0.2) is 35.6 Å². The van der Waals surface area contributed by atoms with Gasteiger partial charge in [0.15, 0.2) is 11.1 Å².